The van der Waals surface area contributed by atoms with E-state index >= 15 is 0 Å². The maximum Gasteiger partial charge on any atom is 0.254 e. The molecule has 0 aliphatic heterocycles. The first-order chi connectivity index (χ1) is 10.8. The lowest BCUT2D eigenvalue weighted by atomic mass is 9.93. The van der Waals surface area contributed by atoms with Crippen LogP contribution in [0.25, 0.3) is 0 Å². The number of nitrogens with zero attached hydrogens (tertiary/aromatic N) is 1. The van der Waals surface area contributed by atoms with Gasteiger partial charge in [0.25, 0.3) is 5.91 Å². The Morgan fingerprint density at radius 1 is 1.05 bits per heavy atom. The molecule has 22 heavy (non-hydrogen) atoms. The van der Waals surface area contributed by atoms with Gasteiger partial charge >= 0.3 is 0 Å². The van der Waals surface area contributed by atoms with Gasteiger partial charge in [0.15, 0.2) is 0 Å². The molecule has 0 unspecified atom stereocenters. The average Bonchev–Trinajstić information content (AvgIpc) is 2.59. The normalized spacial score (nSPS) is 15.5. The van der Waals surface area contributed by atoms with Crippen LogP contribution in [0.15, 0.2) is 30.3 Å². The van der Waals surface area contributed by atoms with Gasteiger partial charge in [-0.25, -0.2) is 0 Å². The van der Waals surface area contributed by atoms with E-state index in [1.54, 1.807) is 0 Å². The van der Waals surface area contributed by atoms with E-state index in [4.69, 9.17) is 0 Å². The van der Waals surface area contributed by atoms with Gasteiger partial charge in [0, 0.05) is 24.6 Å². The van der Waals surface area contributed by atoms with Crippen LogP contribution in [-0.4, -0.2) is 29.7 Å². The van der Waals surface area contributed by atoms with Crippen LogP contribution in [0.2, 0.25) is 0 Å². The molecule has 1 fully saturated rings. The topological polar surface area (TPSA) is 37.4 Å². The molecule has 1 amide bonds. The largest absolute Gasteiger partial charge is 0.336 e. The summed E-state index contributed by atoms with van der Waals surface area (Å²) in [6, 6.07) is 10.0. The fraction of sp³-hybridized carbons (Fsp3) is 0.579. The summed E-state index contributed by atoms with van der Waals surface area (Å²) in [6.07, 6.45) is 10.6. The Kier molecular flexibility index (Phi) is 7.14. The molecule has 1 aliphatic carbocycles. The third kappa shape index (κ3) is 4.97. The van der Waals surface area contributed by atoms with Crippen LogP contribution >= 0.6 is 0 Å². The number of carbonyl (C=O) groups excluding carboxylic acids is 2. The van der Waals surface area contributed by atoms with Gasteiger partial charge < -0.3 is 9.69 Å². The van der Waals surface area contributed by atoms with Crippen LogP contribution in [0.5, 0.6) is 0 Å². The van der Waals surface area contributed by atoms with Gasteiger partial charge in [-0.1, -0.05) is 43.9 Å². The molecule has 0 bridgehead atoms. The molecule has 1 saturated carbocycles. The third-order valence-corrected chi connectivity index (χ3v) is 4.52. The van der Waals surface area contributed by atoms with Gasteiger partial charge in [-0.3, -0.25) is 4.79 Å². The van der Waals surface area contributed by atoms with E-state index in [-0.39, 0.29) is 5.91 Å². The van der Waals surface area contributed by atoms with Crippen LogP contribution < -0.4 is 0 Å². The quantitative estimate of drug-likeness (QED) is 0.532. The SMILES string of the molecule is O=CCCCCCN(C(=O)c1ccccc1)C1CCCCC1. The number of benzene rings is 1. The Hall–Kier alpha value is -1.64. The maximum atomic E-state index is 12.8. The van der Waals surface area contributed by atoms with Crippen LogP contribution in [-0.2, 0) is 4.79 Å². The van der Waals surface area contributed by atoms with Gasteiger partial charge in [0.1, 0.15) is 6.29 Å². The highest BCUT2D eigenvalue weighted by molar-refractivity contribution is 5.94. The zero-order valence-electron chi connectivity index (χ0n) is 13.4. The van der Waals surface area contributed by atoms with Gasteiger partial charge in [-0.2, -0.15) is 0 Å². The molecular weight excluding hydrogens is 274 g/mol. The highest BCUT2D eigenvalue weighted by Crippen LogP contribution is 2.24. The van der Waals surface area contributed by atoms with E-state index in [0.717, 1.165) is 50.5 Å². The molecule has 0 spiro atoms. The first-order valence-electron chi connectivity index (χ1n) is 8.62. The second-order valence-electron chi connectivity index (χ2n) is 6.17. The van der Waals surface area contributed by atoms with Crippen molar-refractivity contribution in [2.75, 3.05) is 6.54 Å². The van der Waals surface area contributed by atoms with E-state index in [2.05, 4.69) is 4.90 Å². The average molecular weight is 301 g/mol. The summed E-state index contributed by atoms with van der Waals surface area (Å²) in [4.78, 5) is 25.3. The third-order valence-electron chi connectivity index (χ3n) is 4.52. The summed E-state index contributed by atoms with van der Waals surface area (Å²) in [5.74, 6) is 0.169. The van der Waals surface area contributed by atoms with Crippen molar-refractivity contribution in [1.29, 1.82) is 0 Å². The number of rotatable bonds is 8. The first kappa shape index (κ1) is 16.7. The lowest BCUT2D eigenvalue weighted by molar-refractivity contribution is -0.107. The summed E-state index contributed by atoms with van der Waals surface area (Å²) in [6.45, 7) is 0.817. The minimum Gasteiger partial charge on any atom is -0.336 e. The lowest BCUT2D eigenvalue weighted by Gasteiger charge is -2.34. The van der Waals surface area contributed by atoms with Crippen LogP contribution in [0.3, 0.4) is 0 Å². The second kappa shape index (κ2) is 9.39. The van der Waals surface area contributed by atoms with Crippen LogP contribution in [0.4, 0.5) is 0 Å². The van der Waals surface area contributed by atoms with Gasteiger partial charge in [-0.15, -0.1) is 0 Å². The number of unbranched alkanes of at least 4 members (excludes halogenated alkanes) is 3. The minimum atomic E-state index is 0.169. The number of amides is 1. The Bertz CT molecular complexity index is 452. The fourth-order valence-corrected chi connectivity index (χ4v) is 3.28. The molecule has 0 atom stereocenters. The number of hydrogen-bond acceptors (Lipinski definition) is 2. The Balaban J connectivity index is 1.97. The van der Waals surface area contributed by atoms with Crippen molar-refractivity contribution in [2.24, 2.45) is 0 Å². The Morgan fingerprint density at radius 3 is 2.45 bits per heavy atom. The first-order valence-corrected chi connectivity index (χ1v) is 8.62. The van der Waals surface area contributed by atoms with E-state index in [0.29, 0.717) is 12.5 Å². The van der Waals surface area contributed by atoms with E-state index < -0.39 is 0 Å². The number of carbonyl (C=O) groups is 2. The van der Waals surface area contributed by atoms with Gasteiger partial charge in [0.05, 0.1) is 0 Å². The summed E-state index contributed by atoms with van der Waals surface area (Å²) in [5, 5.41) is 0. The zero-order valence-corrected chi connectivity index (χ0v) is 13.4. The molecule has 0 saturated heterocycles. The molecule has 0 radical (unpaired) electrons. The molecule has 0 aromatic heterocycles. The molecule has 1 aromatic carbocycles. The maximum absolute atomic E-state index is 12.8. The molecule has 3 heteroatoms. The summed E-state index contributed by atoms with van der Waals surface area (Å²) >= 11 is 0. The standard InChI is InChI=1S/C19H27NO2/c21-16-10-2-1-9-15-20(18-13-7-4-8-14-18)19(22)17-11-5-3-6-12-17/h3,5-6,11-12,16,18H,1-2,4,7-10,13-15H2. The summed E-state index contributed by atoms with van der Waals surface area (Å²) in [7, 11) is 0. The van der Waals surface area contributed by atoms with Crippen LogP contribution in [0.1, 0.15) is 68.1 Å². The van der Waals surface area contributed by atoms with E-state index in [9.17, 15) is 9.59 Å². The molecule has 0 N–H and O–H groups in total. The van der Waals surface area contributed by atoms with E-state index in [1.807, 2.05) is 30.3 Å². The number of aldehydes is 1. The van der Waals surface area contributed by atoms with Crippen molar-refractivity contribution in [3.63, 3.8) is 0 Å². The van der Waals surface area contributed by atoms with Gasteiger partial charge in [0.2, 0.25) is 0 Å². The molecule has 3 nitrogen and oxygen atoms in total. The highest BCUT2D eigenvalue weighted by Gasteiger charge is 2.25. The fourth-order valence-electron chi connectivity index (χ4n) is 3.28. The van der Waals surface area contributed by atoms with Gasteiger partial charge in [-0.05, 0) is 37.8 Å². The van der Waals surface area contributed by atoms with Crippen LogP contribution in [0, 0.1) is 0 Å². The van der Waals surface area contributed by atoms with Crippen molar-refractivity contribution >= 4 is 12.2 Å². The lowest BCUT2D eigenvalue weighted by Crippen LogP contribution is -2.42. The molecule has 1 aliphatic rings. The highest BCUT2D eigenvalue weighted by atomic mass is 16.2. The summed E-state index contributed by atoms with van der Waals surface area (Å²) in [5.41, 5.74) is 0.793. The predicted molar refractivity (Wildman–Crippen MR) is 88.9 cm³/mol. The molecule has 2 rings (SSSR count). The van der Waals surface area contributed by atoms with Crippen molar-refractivity contribution in [3.05, 3.63) is 35.9 Å². The molecular formula is C19H27NO2. The summed E-state index contributed by atoms with van der Waals surface area (Å²) < 4.78 is 0. The smallest absolute Gasteiger partial charge is 0.254 e. The number of hydrogen-bond donors (Lipinski definition) is 0. The predicted octanol–water partition coefficient (Wildman–Crippen LogP) is 4.22. The van der Waals surface area contributed by atoms with Crippen molar-refractivity contribution in [3.8, 4) is 0 Å². The zero-order chi connectivity index (χ0) is 15.6. The molecule has 0 heterocycles. The molecule has 1 aromatic rings. The van der Waals surface area contributed by atoms with Crippen molar-refractivity contribution in [1.82, 2.24) is 4.90 Å². The van der Waals surface area contributed by atoms with E-state index in [1.165, 1.54) is 19.3 Å². The van der Waals surface area contributed by atoms with Crippen molar-refractivity contribution < 1.29 is 9.59 Å². The Labute approximate surface area is 133 Å². The van der Waals surface area contributed by atoms with Crippen molar-refractivity contribution in [2.45, 2.75) is 63.8 Å². The Morgan fingerprint density at radius 2 is 1.77 bits per heavy atom. The minimum absolute atomic E-state index is 0.169. The molecule has 120 valence electrons. The monoisotopic (exact) mass is 301 g/mol. The second-order valence-corrected chi connectivity index (χ2v) is 6.17.